The molecule has 10 nitrogen and oxygen atoms in total. The van der Waals surface area contributed by atoms with Crippen LogP contribution in [0.3, 0.4) is 0 Å². The van der Waals surface area contributed by atoms with Gasteiger partial charge < -0.3 is 24.8 Å². The molecule has 216 valence electrons. The molecule has 1 aliphatic rings. The number of fused-ring (bicyclic) bond motifs is 4. The van der Waals surface area contributed by atoms with Crippen LogP contribution in [-0.2, 0) is 22.6 Å². The summed E-state index contributed by atoms with van der Waals surface area (Å²) in [5.74, 6) is -0.104. The van der Waals surface area contributed by atoms with Gasteiger partial charge in [-0.25, -0.2) is 4.98 Å². The number of aromatic amines is 1. The van der Waals surface area contributed by atoms with E-state index in [0.717, 1.165) is 49.7 Å². The molecule has 1 atom stereocenters. The van der Waals surface area contributed by atoms with Crippen molar-refractivity contribution in [2.24, 2.45) is 0 Å². The lowest BCUT2D eigenvalue weighted by molar-refractivity contribution is -0.121. The molecule has 0 saturated carbocycles. The zero-order valence-corrected chi connectivity index (χ0v) is 23.6. The van der Waals surface area contributed by atoms with Crippen molar-refractivity contribution < 1.29 is 13.9 Å². The summed E-state index contributed by atoms with van der Waals surface area (Å²) in [7, 11) is 0. The van der Waals surface area contributed by atoms with Crippen molar-refractivity contribution in [3.8, 4) is 0 Å². The Balaban J connectivity index is 1.15. The minimum absolute atomic E-state index is 0.146. The molecule has 0 unspecified atom stereocenters. The van der Waals surface area contributed by atoms with E-state index in [1.54, 1.807) is 18.6 Å². The second-order valence-electron chi connectivity index (χ2n) is 10.7. The van der Waals surface area contributed by atoms with Gasteiger partial charge in [-0.3, -0.25) is 19.1 Å². The first-order valence-corrected chi connectivity index (χ1v) is 14.3. The van der Waals surface area contributed by atoms with Gasteiger partial charge >= 0.3 is 0 Å². The van der Waals surface area contributed by atoms with Crippen LogP contribution in [0.1, 0.15) is 36.3 Å². The van der Waals surface area contributed by atoms with Crippen molar-refractivity contribution >= 4 is 50.1 Å². The molecule has 7 rings (SSSR count). The van der Waals surface area contributed by atoms with Crippen molar-refractivity contribution in [2.45, 2.75) is 32.5 Å². The zero-order chi connectivity index (χ0) is 29.3. The first kappa shape index (κ1) is 26.7. The van der Waals surface area contributed by atoms with Crippen molar-refractivity contribution in [3.63, 3.8) is 0 Å². The molecular formula is C33H30N6O4. The molecule has 0 radical (unpaired) electrons. The molecule has 0 bridgehead atoms. The quantitative estimate of drug-likeness (QED) is 0.225. The Labute approximate surface area is 246 Å². The van der Waals surface area contributed by atoms with E-state index in [1.807, 2.05) is 61.5 Å². The van der Waals surface area contributed by atoms with Crippen LogP contribution in [0.25, 0.3) is 38.4 Å². The molecule has 6 aromatic rings. The van der Waals surface area contributed by atoms with Crippen LogP contribution >= 0.6 is 0 Å². The summed E-state index contributed by atoms with van der Waals surface area (Å²) >= 11 is 0. The number of anilines is 1. The number of carbonyl (C=O) groups excluding carboxylic acids is 1. The van der Waals surface area contributed by atoms with Gasteiger partial charge in [0, 0.05) is 39.8 Å². The highest BCUT2D eigenvalue weighted by Crippen LogP contribution is 2.31. The average Bonchev–Trinajstić information content (AvgIpc) is 3.63. The Morgan fingerprint density at radius 1 is 1.09 bits per heavy atom. The number of nitrogens with zero attached hydrogens (tertiary/aromatic N) is 3. The van der Waals surface area contributed by atoms with Gasteiger partial charge in [0.1, 0.15) is 17.7 Å². The van der Waals surface area contributed by atoms with Gasteiger partial charge in [0.05, 0.1) is 37.7 Å². The van der Waals surface area contributed by atoms with E-state index in [0.29, 0.717) is 31.9 Å². The molecule has 5 heterocycles. The van der Waals surface area contributed by atoms with E-state index in [1.165, 1.54) is 4.57 Å². The second kappa shape index (κ2) is 11.2. The third kappa shape index (κ3) is 5.28. The number of para-hydroxylation sites is 1. The normalized spacial score (nSPS) is 14.2. The van der Waals surface area contributed by atoms with Crippen LogP contribution in [0, 0.1) is 0 Å². The van der Waals surface area contributed by atoms with Crippen molar-refractivity contribution in [1.29, 1.82) is 0 Å². The van der Waals surface area contributed by atoms with Crippen LogP contribution in [0.15, 0.2) is 88.5 Å². The number of nitrogens with one attached hydrogen (secondary N) is 3. The lowest BCUT2D eigenvalue weighted by atomic mass is 10.0. The standard InChI is InChI=1S/C33H30N6O4/c1-20(22-6-7-30-26(15-22)25-4-2-3-5-29(25)43-30)37-32-33(41)39(28(18-36-32)21-9-12-42-13-10-21)19-31(40)35-17-24-14-23-16-34-11-8-27(23)38-24/h2-9,11,14-16,18,20,38H,10,12-13,17,19H2,1H3,(H,35,40)(H,36,37)/t20-/m1/s1. The lowest BCUT2D eigenvalue weighted by Gasteiger charge is -2.20. The van der Waals surface area contributed by atoms with Crippen molar-refractivity contribution in [3.05, 3.63) is 107 Å². The van der Waals surface area contributed by atoms with Crippen LogP contribution in [0.4, 0.5) is 5.82 Å². The Hall–Kier alpha value is -5.22. The summed E-state index contributed by atoms with van der Waals surface area (Å²) in [6.45, 7) is 3.13. The average molecular weight is 575 g/mol. The van der Waals surface area contributed by atoms with E-state index >= 15 is 0 Å². The first-order valence-electron chi connectivity index (χ1n) is 14.3. The molecule has 0 spiro atoms. The molecule has 0 saturated heterocycles. The molecule has 10 heteroatoms. The second-order valence-corrected chi connectivity index (χ2v) is 10.7. The summed E-state index contributed by atoms with van der Waals surface area (Å²) in [5, 5.41) is 9.24. The predicted octanol–water partition coefficient (Wildman–Crippen LogP) is 5.31. The highest BCUT2D eigenvalue weighted by Gasteiger charge is 2.20. The van der Waals surface area contributed by atoms with E-state index < -0.39 is 0 Å². The summed E-state index contributed by atoms with van der Waals surface area (Å²) < 4.78 is 12.9. The molecule has 0 aliphatic carbocycles. The fraction of sp³-hybridized carbons (Fsp3) is 0.212. The zero-order valence-electron chi connectivity index (χ0n) is 23.6. The number of H-pyrrole nitrogens is 1. The fourth-order valence-electron chi connectivity index (χ4n) is 5.58. The summed E-state index contributed by atoms with van der Waals surface area (Å²) in [6, 6.07) is 17.5. The van der Waals surface area contributed by atoms with Crippen LogP contribution in [0.2, 0.25) is 0 Å². The predicted molar refractivity (Wildman–Crippen MR) is 166 cm³/mol. The Bertz CT molecular complexity index is 2040. The van der Waals surface area contributed by atoms with Crippen molar-refractivity contribution in [2.75, 3.05) is 18.5 Å². The number of benzene rings is 2. The maximum atomic E-state index is 13.8. The number of ether oxygens (including phenoxy) is 1. The highest BCUT2D eigenvalue weighted by atomic mass is 16.5. The molecule has 1 aliphatic heterocycles. The maximum absolute atomic E-state index is 13.8. The van der Waals surface area contributed by atoms with Gasteiger partial charge in [-0.15, -0.1) is 0 Å². The number of carbonyl (C=O) groups is 1. The number of hydrogen-bond acceptors (Lipinski definition) is 7. The van der Waals surface area contributed by atoms with Gasteiger partial charge in [0.25, 0.3) is 5.56 Å². The van der Waals surface area contributed by atoms with E-state index in [2.05, 4.69) is 31.7 Å². The first-order chi connectivity index (χ1) is 21.0. The summed E-state index contributed by atoms with van der Waals surface area (Å²) in [4.78, 5) is 38.9. The molecule has 2 aromatic carbocycles. The fourth-order valence-corrected chi connectivity index (χ4v) is 5.58. The number of aromatic nitrogens is 4. The number of rotatable bonds is 8. The van der Waals surface area contributed by atoms with Gasteiger partial charge in [-0.2, -0.15) is 0 Å². The maximum Gasteiger partial charge on any atom is 0.294 e. The monoisotopic (exact) mass is 574 g/mol. The van der Waals surface area contributed by atoms with E-state index in [-0.39, 0.29) is 29.9 Å². The molecule has 43 heavy (non-hydrogen) atoms. The summed E-state index contributed by atoms with van der Waals surface area (Å²) in [6.07, 6.45) is 7.72. The molecule has 0 fully saturated rings. The third-order valence-electron chi connectivity index (χ3n) is 7.86. The van der Waals surface area contributed by atoms with Crippen LogP contribution in [0.5, 0.6) is 0 Å². The van der Waals surface area contributed by atoms with Gasteiger partial charge in [0.2, 0.25) is 5.91 Å². The van der Waals surface area contributed by atoms with Crippen LogP contribution in [-0.4, -0.2) is 38.6 Å². The topological polar surface area (TPSA) is 127 Å². The SMILES string of the molecule is C[C@@H](Nc1ncc(C2=CCOCC2)n(CC(=O)NCc2cc3cnccc3[nH]2)c1=O)c1ccc2oc3ccccc3c2c1. The van der Waals surface area contributed by atoms with Crippen molar-refractivity contribution in [1.82, 2.24) is 24.8 Å². The van der Waals surface area contributed by atoms with Gasteiger partial charge in [-0.1, -0.05) is 30.3 Å². The molecule has 3 N–H and O–H groups in total. The molecule has 1 amide bonds. The smallest absolute Gasteiger partial charge is 0.294 e. The van der Waals surface area contributed by atoms with Gasteiger partial charge in [0.15, 0.2) is 5.82 Å². The van der Waals surface area contributed by atoms with Gasteiger partial charge in [-0.05, 0) is 54.8 Å². The Kier molecular flexibility index (Phi) is 6.96. The molecular weight excluding hydrogens is 544 g/mol. The van der Waals surface area contributed by atoms with E-state index in [4.69, 9.17) is 9.15 Å². The number of amides is 1. The highest BCUT2D eigenvalue weighted by molar-refractivity contribution is 6.05. The number of hydrogen-bond donors (Lipinski definition) is 3. The lowest BCUT2D eigenvalue weighted by Crippen LogP contribution is -2.35. The van der Waals surface area contributed by atoms with Crippen LogP contribution < -0.4 is 16.2 Å². The summed E-state index contributed by atoms with van der Waals surface area (Å²) in [5.41, 5.74) is 5.60. The Morgan fingerprint density at radius 2 is 1.98 bits per heavy atom. The number of furan rings is 1. The number of pyridine rings is 1. The van der Waals surface area contributed by atoms with E-state index in [9.17, 15) is 9.59 Å². The largest absolute Gasteiger partial charge is 0.456 e. The minimum Gasteiger partial charge on any atom is -0.456 e. The minimum atomic E-state index is -0.363. The Morgan fingerprint density at radius 3 is 2.84 bits per heavy atom. The molecule has 4 aromatic heterocycles. The third-order valence-corrected chi connectivity index (χ3v) is 7.86.